The topological polar surface area (TPSA) is 100 Å². The molecule has 2 aliphatic rings. The van der Waals surface area contributed by atoms with Crippen LogP contribution in [0.25, 0.3) is 11.3 Å². The number of thiazole rings is 1. The average Bonchev–Trinajstić information content (AvgIpc) is 3.09. The van der Waals surface area contributed by atoms with Gasteiger partial charge in [0.25, 0.3) is 0 Å². The van der Waals surface area contributed by atoms with Crippen LogP contribution in [0.2, 0.25) is 0 Å². The molecule has 26 heavy (non-hydrogen) atoms. The van der Waals surface area contributed by atoms with Gasteiger partial charge in [0.2, 0.25) is 5.91 Å². The van der Waals surface area contributed by atoms with Crippen molar-refractivity contribution in [3.63, 3.8) is 0 Å². The third kappa shape index (κ3) is 2.92. The first-order valence-electron chi connectivity index (χ1n) is 7.71. The molecule has 1 saturated heterocycles. The maximum Gasteiger partial charge on any atom is 0.353 e. The number of pyridine rings is 1. The van der Waals surface area contributed by atoms with Gasteiger partial charge in [-0.2, -0.15) is 0 Å². The summed E-state index contributed by atoms with van der Waals surface area (Å²) in [5, 5.41) is 11.3. The van der Waals surface area contributed by atoms with Crippen LogP contribution in [0.5, 0.6) is 0 Å². The van der Waals surface area contributed by atoms with Gasteiger partial charge in [-0.1, -0.05) is 11.8 Å². The van der Waals surface area contributed by atoms with Crippen molar-refractivity contribution in [1.29, 1.82) is 0 Å². The Balaban J connectivity index is 1.61. The lowest BCUT2D eigenvalue weighted by molar-refractivity contribution is -0.671. The molecule has 4 rings (SSSR count). The van der Waals surface area contributed by atoms with Crippen molar-refractivity contribution in [3.8, 4) is 11.3 Å². The minimum Gasteiger partial charge on any atom is -0.477 e. The third-order valence-corrected chi connectivity index (χ3v) is 7.65. The van der Waals surface area contributed by atoms with Crippen molar-refractivity contribution in [2.75, 3.05) is 5.75 Å². The smallest absolute Gasteiger partial charge is 0.353 e. The second kappa shape index (κ2) is 6.69. The number of fused-ring (bicyclic) bond motifs is 1. The quantitative estimate of drug-likeness (QED) is 0.581. The summed E-state index contributed by atoms with van der Waals surface area (Å²) in [5.41, 5.74) is 7.65. The van der Waals surface area contributed by atoms with Gasteiger partial charge < -0.3 is 10.8 Å². The fraction of sp³-hybridized carbons (Fsp3) is 0.250. The number of aromatic nitrogens is 2. The molecule has 134 valence electrons. The molecule has 0 bridgehead atoms. The van der Waals surface area contributed by atoms with Crippen molar-refractivity contribution in [2.45, 2.75) is 15.8 Å². The molecule has 10 heteroatoms. The first-order valence-corrected chi connectivity index (χ1v) is 10.5. The number of rotatable bonds is 4. The molecule has 2 aromatic heterocycles. The zero-order valence-corrected chi connectivity index (χ0v) is 16.1. The van der Waals surface area contributed by atoms with E-state index in [2.05, 4.69) is 4.98 Å². The minimum atomic E-state index is -1.11. The Morgan fingerprint density at radius 3 is 2.88 bits per heavy atom. The molecule has 2 aromatic rings. The second-order valence-electron chi connectivity index (χ2n) is 5.87. The summed E-state index contributed by atoms with van der Waals surface area (Å²) < 4.78 is 2.69. The Bertz CT molecular complexity index is 925. The molecular weight excluding hydrogens is 392 g/mol. The zero-order chi connectivity index (χ0) is 18.4. The molecule has 3 N–H and O–H groups in total. The molecule has 0 aromatic carbocycles. The molecule has 2 aliphatic heterocycles. The number of nitrogens with two attached hydrogens (primary N) is 1. The van der Waals surface area contributed by atoms with Crippen LogP contribution in [-0.4, -0.2) is 44.0 Å². The number of nitrogens with zero attached hydrogens (tertiary/aromatic N) is 3. The number of carboxylic acids is 1. The first-order chi connectivity index (χ1) is 12.5. The van der Waals surface area contributed by atoms with E-state index in [0.29, 0.717) is 10.7 Å². The van der Waals surface area contributed by atoms with Gasteiger partial charge in [-0.15, -0.1) is 23.1 Å². The summed E-state index contributed by atoms with van der Waals surface area (Å²) in [6, 6.07) is 3.34. The van der Waals surface area contributed by atoms with Gasteiger partial charge in [0.15, 0.2) is 16.7 Å². The number of amides is 1. The van der Waals surface area contributed by atoms with E-state index in [1.165, 1.54) is 39.8 Å². The summed E-state index contributed by atoms with van der Waals surface area (Å²) in [6.45, 7) is 0. The van der Waals surface area contributed by atoms with Gasteiger partial charge >= 0.3 is 5.97 Å². The summed E-state index contributed by atoms with van der Waals surface area (Å²) in [7, 11) is 1.95. The molecule has 7 nitrogen and oxygen atoms in total. The van der Waals surface area contributed by atoms with Crippen molar-refractivity contribution in [1.82, 2.24) is 9.88 Å². The molecule has 4 heterocycles. The van der Waals surface area contributed by atoms with E-state index in [1.54, 1.807) is 0 Å². The van der Waals surface area contributed by atoms with E-state index in [0.717, 1.165) is 15.6 Å². The van der Waals surface area contributed by atoms with Crippen LogP contribution < -0.4 is 10.3 Å². The van der Waals surface area contributed by atoms with E-state index in [4.69, 9.17) is 5.73 Å². The monoisotopic (exact) mass is 407 g/mol. The Morgan fingerprint density at radius 1 is 1.46 bits per heavy atom. The number of hydrogen-bond donors (Lipinski definition) is 2. The summed E-state index contributed by atoms with van der Waals surface area (Å²) >= 11 is 4.26. The largest absolute Gasteiger partial charge is 0.477 e. The van der Waals surface area contributed by atoms with E-state index in [1.807, 2.05) is 41.5 Å². The SMILES string of the molecule is C[n+]1ccc(-c2csc(SC3=C(C(=O)O)N4C(=O)[C@H](N)[C@H]4SC3)n2)cc1. The van der Waals surface area contributed by atoms with E-state index >= 15 is 0 Å². The standard InChI is InChI=1S/C16H14N4O3S3/c1-19-4-2-8(3-5-19)9-6-25-16(18-9)26-10-7-24-14-11(17)13(21)20(14)12(10)15(22)23/h2-6,11,14H,7,17H2,1H3/p+1/t11-,14+/m0/s1. The van der Waals surface area contributed by atoms with E-state index < -0.39 is 12.0 Å². The third-order valence-electron chi connectivity index (χ3n) is 4.14. The van der Waals surface area contributed by atoms with Gasteiger partial charge in [0, 0.05) is 33.7 Å². The van der Waals surface area contributed by atoms with Crippen LogP contribution >= 0.6 is 34.9 Å². The normalized spacial score (nSPS) is 22.2. The average molecular weight is 408 g/mol. The van der Waals surface area contributed by atoms with E-state index in [9.17, 15) is 14.7 Å². The molecule has 0 radical (unpaired) electrons. The predicted molar refractivity (Wildman–Crippen MR) is 100 cm³/mol. The molecule has 0 unspecified atom stereocenters. The number of hydrogen-bond acceptors (Lipinski definition) is 7. The Hall–Kier alpha value is -1.88. The molecule has 0 spiro atoms. The van der Waals surface area contributed by atoms with Gasteiger partial charge in [0.1, 0.15) is 24.2 Å². The molecular formula is C16H15N4O3S3+. The van der Waals surface area contributed by atoms with Crippen molar-refractivity contribution in [2.24, 2.45) is 12.8 Å². The molecule has 2 atom stereocenters. The van der Waals surface area contributed by atoms with Crippen LogP contribution in [0.15, 0.2) is 44.8 Å². The van der Waals surface area contributed by atoms with Crippen molar-refractivity contribution in [3.05, 3.63) is 40.5 Å². The maximum absolute atomic E-state index is 12.0. The second-order valence-corrected chi connectivity index (χ2v) is 9.17. The van der Waals surface area contributed by atoms with Gasteiger partial charge in [-0.3, -0.25) is 9.69 Å². The molecule has 1 fully saturated rings. The summed E-state index contributed by atoms with van der Waals surface area (Å²) in [5.74, 6) is -0.940. The highest BCUT2D eigenvalue weighted by Crippen LogP contribution is 2.45. The lowest BCUT2D eigenvalue weighted by Gasteiger charge is -2.47. The molecule has 1 amide bonds. The predicted octanol–water partition coefficient (Wildman–Crippen LogP) is 1.27. The van der Waals surface area contributed by atoms with Crippen molar-refractivity contribution >= 4 is 46.7 Å². The fourth-order valence-electron chi connectivity index (χ4n) is 2.78. The molecule has 0 aliphatic carbocycles. The minimum absolute atomic E-state index is 0.0361. The number of aryl methyl sites for hydroxylation is 1. The highest BCUT2D eigenvalue weighted by Gasteiger charge is 2.52. The Morgan fingerprint density at radius 2 is 2.19 bits per heavy atom. The summed E-state index contributed by atoms with van der Waals surface area (Å²) in [4.78, 5) is 30.2. The Labute approximate surface area is 161 Å². The van der Waals surface area contributed by atoms with Crippen LogP contribution in [0.1, 0.15) is 0 Å². The zero-order valence-electron chi connectivity index (χ0n) is 13.7. The van der Waals surface area contributed by atoms with Crippen LogP contribution in [0.3, 0.4) is 0 Å². The first kappa shape index (κ1) is 17.5. The lowest BCUT2D eigenvalue weighted by atomic mass is 10.1. The summed E-state index contributed by atoms with van der Waals surface area (Å²) in [6.07, 6.45) is 3.90. The number of thioether (sulfide) groups is 2. The van der Waals surface area contributed by atoms with Crippen LogP contribution in [0, 0.1) is 0 Å². The van der Waals surface area contributed by atoms with Crippen LogP contribution in [0.4, 0.5) is 0 Å². The number of aliphatic carboxylic acids is 1. The number of carboxylic acid groups (broad SMARTS) is 1. The van der Waals surface area contributed by atoms with Gasteiger partial charge in [0.05, 0.1) is 5.69 Å². The number of carbonyl (C=O) groups excluding carboxylic acids is 1. The highest BCUT2D eigenvalue weighted by molar-refractivity contribution is 8.07. The number of carbonyl (C=O) groups is 2. The van der Waals surface area contributed by atoms with E-state index in [-0.39, 0.29) is 17.0 Å². The van der Waals surface area contributed by atoms with Gasteiger partial charge in [-0.25, -0.2) is 14.3 Å². The van der Waals surface area contributed by atoms with Gasteiger partial charge in [-0.05, 0) is 0 Å². The maximum atomic E-state index is 12.0. The number of β-lactam (4-membered cyclic amide) rings is 1. The fourth-order valence-corrected chi connectivity index (χ4v) is 6.19. The van der Waals surface area contributed by atoms with Crippen LogP contribution in [-0.2, 0) is 16.6 Å². The highest BCUT2D eigenvalue weighted by atomic mass is 32.2. The lowest BCUT2D eigenvalue weighted by Crippen LogP contribution is -2.68. The Kier molecular flexibility index (Phi) is 4.51. The van der Waals surface area contributed by atoms with Crippen molar-refractivity contribution < 1.29 is 19.3 Å². The molecule has 0 saturated carbocycles.